The van der Waals surface area contributed by atoms with Gasteiger partial charge in [-0.1, -0.05) is 60.7 Å². The Kier molecular flexibility index (Phi) is 6.74. The molecule has 7 rings (SSSR count). The average molecular weight is 611 g/mol. The number of sulfonamides is 1. The van der Waals surface area contributed by atoms with Gasteiger partial charge in [-0.25, -0.2) is 32.7 Å². The van der Waals surface area contributed by atoms with Crippen LogP contribution in [0, 0.1) is 11.7 Å². The van der Waals surface area contributed by atoms with Crippen LogP contribution in [-0.4, -0.2) is 32.5 Å². The Labute approximate surface area is 250 Å². The van der Waals surface area contributed by atoms with Crippen molar-refractivity contribution in [1.82, 2.24) is 24.1 Å². The molecule has 1 aliphatic carbocycles. The standard InChI is InChI=1S/C32H27FN6O4S/c33-24-6-2-1-4-23(24)18-39-31(40)29-30(38(32(39)41)17-20-8-9-20)37-27(36-29)16-19-10-12-21(13-11-19)25-15-14-22-5-3-7-26(28(22)35-25)44(34,42)43/h1-7,10-15,20H,8-9,16-18H2,(H,36,37)(H2,34,42,43). The number of nitrogens with two attached hydrogens (primary N) is 1. The van der Waals surface area contributed by atoms with Crippen LogP contribution in [0.1, 0.15) is 29.8 Å². The molecule has 0 saturated heterocycles. The molecule has 1 fully saturated rings. The zero-order valence-corrected chi connectivity index (χ0v) is 24.2. The zero-order valence-electron chi connectivity index (χ0n) is 23.4. The lowest BCUT2D eigenvalue weighted by molar-refractivity contribution is 0.548. The molecule has 0 atom stereocenters. The van der Waals surface area contributed by atoms with Gasteiger partial charge in [0.2, 0.25) is 10.0 Å². The molecule has 3 N–H and O–H groups in total. The van der Waals surface area contributed by atoms with E-state index in [1.807, 2.05) is 30.3 Å². The molecule has 1 saturated carbocycles. The summed E-state index contributed by atoms with van der Waals surface area (Å²) in [5, 5.41) is 6.07. The molecule has 3 aromatic heterocycles. The molecule has 3 heterocycles. The number of nitrogens with one attached hydrogen (secondary N) is 1. The number of benzene rings is 3. The Morgan fingerprint density at radius 3 is 2.41 bits per heavy atom. The number of fused-ring (bicyclic) bond motifs is 2. The molecule has 0 radical (unpaired) electrons. The predicted molar refractivity (Wildman–Crippen MR) is 164 cm³/mol. The summed E-state index contributed by atoms with van der Waals surface area (Å²) in [6, 6.07) is 22.1. The number of hydrogen-bond acceptors (Lipinski definition) is 6. The summed E-state index contributed by atoms with van der Waals surface area (Å²) in [4.78, 5) is 39.3. The van der Waals surface area contributed by atoms with E-state index >= 15 is 0 Å². The summed E-state index contributed by atoms with van der Waals surface area (Å²) < 4.78 is 41.2. The van der Waals surface area contributed by atoms with Crippen molar-refractivity contribution >= 4 is 32.1 Å². The molecule has 44 heavy (non-hydrogen) atoms. The molecule has 12 heteroatoms. The molecule has 0 aliphatic heterocycles. The maximum absolute atomic E-state index is 14.4. The Balaban J connectivity index is 1.22. The van der Waals surface area contributed by atoms with Gasteiger partial charge < -0.3 is 4.98 Å². The van der Waals surface area contributed by atoms with Gasteiger partial charge >= 0.3 is 5.69 Å². The molecule has 0 spiro atoms. The van der Waals surface area contributed by atoms with E-state index in [1.54, 1.807) is 36.4 Å². The SMILES string of the molecule is NS(=O)(=O)c1cccc2ccc(-c3ccc(Cc4nc5c([nH]4)c(=O)n(Cc4ccccc4F)c(=O)n5CC4CC4)cc3)nc12. The van der Waals surface area contributed by atoms with Crippen LogP contribution in [-0.2, 0) is 29.5 Å². The lowest BCUT2D eigenvalue weighted by Gasteiger charge is -2.11. The summed E-state index contributed by atoms with van der Waals surface area (Å²) in [6.45, 7) is 0.264. The molecule has 222 valence electrons. The first-order chi connectivity index (χ1) is 21.2. The van der Waals surface area contributed by atoms with Crippen LogP contribution < -0.4 is 16.4 Å². The molecular weight excluding hydrogens is 583 g/mol. The number of aromatic nitrogens is 5. The van der Waals surface area contributed by atoms with E-state index in [4.69, 9.17) is 5.14 Å². The number of para-hydroxylation sites is 1. The number of hydrogen-bond donors (Lipinski definition) is 2. The largest absolute Gasteiger partial charge is 0.336 e. The van der Waals surface area contributed by atoms with Crippen LogP contribution in [0.25, 0.3) is 33.3 Å². The summed E-state index contributed by atoms with van der Waals surface area (Å²) in [5.41, 5.74) is 2.27. The van der Waals surface area contributed by atoms with Crippen LogP contribution in [0.5, 0.6) is 0 Å². The molecule has 6 aromatic rings. The summed E-state index contributed by atoms with van der Waals surface area (Å²) >= 11 is 0. The van der Waals surface area contributed by atoms with Gasteiger partial charge in [-0.05, 0) is 42.5 Å². The Morgan fingerprint density at radius 2 is 1.68 bits per heavy atom. The smallest absolute Gasteiger partial charge is 0.333 e. The minimum absolute atomic E-state index is 0.0357. The van der Waals surface area contributed by atoms with E-state index in [1.165, 1.54) is 16.7 Å². The second-order valence-electron chi connectivity index (χ2n) is 11.1. The van der Waals surface area contributed by atoms with Crippen LogP contribution in [0.15, 0.2) is 93.3 Å². The molecular formula is C32H27FN6O4S. The second kappa shape index (κ2) is 10.6. The van der Waals surface area contributed by atoms with Gasteiger partial charge in [0.1, 0.15) is 22.1 Å². The molecule has 0 amide bonds. The van der Waals surface area contributed by atoms with Crippen molar-refractivity contribution in [3.8, 4) is 11.3 Å². The van der Waals surface area contributed by atoms with Crippen molar-refractivity contribution in [2.24, 2.45) is 11.1 Å². The Bertz CT molecular complexity index is 2300. The third-order valence-electron chi connectivity index (χ3n) is 7.95. The summed E-state index contributed by atoms with van der Waals surface area (Å²) in [5.74, 6) is 0.372. The number of halogens is 1. The van der Waals surface area contributed by atoms with Crippen molar-refractivity contribution in [3.05, 3.63) is 122 Å². The molecule has 10 nitrogen and oxygen atoms in total. The van der Waals surface area contributed by atoms with Crippen molar-refractivity contribution in [1.29, 1.82) is 0 Å². The van der Waals surface area contributed by atoms with E-state index in [0.717, 1.165) is 28.5 Å². The fourth-order valence-electron chi connectivity index (χ4n) is 5.45. The molecule has 0 unspecified atom stereocenters. The van der Waals surface area contributed by atoms with Crippen LogP contribution >= 0.6 is 0 Å². The maximum atomic E-state index is 14.4. The average Bonchev–Trinajstić information content (AvgIpc) is 3.74. The number of rotatable bonds is 8. The lowest BCUT2D eigenvalue weighted by Crippen LogP contribution is -2.40. The molecule has 3 aromatic carbocycles. The van der Waals surface area contributed by atoms with E-state index < -0.39 is 27.1 Å². The van der Waals surface area contributed by atoms with Gasteiger partial charge in [0.15, 0.2) is 5.65 Å². The Morgan fingerprint density at radius 1 is 0.909 bits per heavy atom. The first-order valence-electron chi connectivity index (χ1n) is 14.1. The minimum atomic E-state index is -3.95. The summed E-state index contributed by atoms with van der Waals surface area (Å²) in [6.07, 6.45) is 2.36. The number of pyridine rings is 1. The highest BCUT2D eigenvalue weighted by atomic mass is 32.2. The van der Waals surface area contributed by atoms with Crippen molar-refractivity contribution in [3.63, 3.8) is 0 Å². The second-order valence-corrected chi connectivity index (χ2v) is 12.7. The molecule has 1 aliphatic rings. The first-order valence-corrected chi connectivity index (χ1v) is 15.7. The number of imidazole rings is 1. The van der Waals surface area contributed by atoms with Gasteiger partial charge in [0.05, 0.1) is 17.8 Å². The van der Waals surface area contributed by atoms with Gasteiger partial charge in [-0.3, -0.25) is 13.9 Å². The topological polar surface area (TPSA) is 146 Å². The van der Waals surface area contributed by atoms with Crippen molar-refractivity contribution in [2.45, 2.75) is 37.2 Å². The highest BCUT2D eigenvalue weighted by molar-refractivity contribution is 7.89. The van der Waals surface area contributed by atoms with Crippen molar-refractivity contribution < 1.29 is 12.8 Å². The maximum Gasteiger partial charge on any atom is 0.333 e. The van der Waals surface area contributed by atoms with Gasteiger partial charge in [-0.2, -0.15) is 0 Å². The number of nitrogens with zero attached hydrogens (tertiary/aromatic N) is 4. The molecule has 0 bridgehead atoms. The highest BCUT2D eigenvalue weighted by Crippen LogP contribution is 2.31. The highest BCUT2D eigenvalue weighted by Gasteiger charge is 2.26. The van der Waals surface area contributed by atoms with Crippen LogP contribution in [0.3, 0.4) is 0 Å². The number of aromatic amines is 1. The van der Waals surface area contributed by atoms with Gasteiger partial charge in [0, 0.05) is 29.5 Å². The normalized spacial score (nSPS) is 13.6. The van der Waals surface area contributed by atoms with E-state index in [-0.39, 0.29) is 22.5 Å². The zero-order chi connectivity index (χ0) is 30.6. The van der Waals surface area contributed by atoms with Gasteiger partial charge in [-0.15, -0.1) is 0 Å². The number of primary sulfonamides is 1. The van der Waals surface area contributed by atoms with Gasteiger partial charge in [0.25, 0.3) is 5.56 Å². The van der Waals surface area contributed by atoms with Crippen LogP contribution in [0.4, 0.5) is 4.39 Å². The fraction of sp³-hybridized carbons (Fsp3) is 0.188. The quantitative estimate of drug-likeness (QED) is 0.267. The fourth-order valence-corrected chi connectivity index (χ4v) is 6.16. The third-order valence-corrected chi connectivity index (χ3v) is 8.89. The van der Waals surface area contributed by atoms with E-state index in [0.29, 0.717) is 47.0 Å². The number of H-pyrrole nitrogens is 1. The summed E-state index contributed by atoms with van der Waals surface area (Å²) in [7, 11) is -3.95. The predicted octanol–water partition coefficient (Wildman–Crippen LogP) is 3.94. The van der Waals surface area contributed by atoms with E-state index in [9.17, 15) is 22.4 Å². The van der Waals surface area contributed by atoms with E-state index in [2.05, 4.69) is 15.0 Å². The minimum Gasteiger partial charge on any atom is -0.336 e. The monoisotopic (exact) mass is 610 g/mol. The van der Waals surface area contributed by atoms with Crippen LogP contribution in [0.2, 0.25) is 0 Å². The third kappa shape index (κ3) is 5.22. The lowest BCUT2D eigenvalue weighted by atomic mass is 10.1. The first kappa shape index (κ1) is 27.9. The van der Waals surface area contributed by atoms with Crippen molar-refractivity contribution in [2.75, 3.05) is 0 Å². The Hall–Kier alpha value is -4.94.